The number of aryl methyl sites for hydroxylation is 2. The zero-order valence-electron chi connectivity index (χ0n) is 16.8. The lowest BCUT2D eigenvalue weighted by atomic mass is 10.1. The molecule has 0 N–H and O–H groups in total. The lowest BCUT2D eigenvalue weighted by molar-refractivity contribution is 0.343. The van der Waals surface area contributed by atoms with E-state index in [4.69, 9.17) is 9.72 Å². The Balaban J connectivity index is 1.66. The molecule has 3 aromatic carbocycles. The Kier molecular flexibility index (Phi) is 6.25. The minimum Gasteiger partial charge on any atom is -0.493 e. The minimum atomic E-state index is -0.0546. The van der Waals surface area contributed by atoms with Crippen LogP contribution in [0, 0.1) is 13.8 Å². The van der Waals surface area contributed by atoms with Gasteiger partial charge in [-0.05, 0) is 67.4 Å². The summed E-state index contributed by atoms with van der Waals surface area (Å²) in [5, 5.41) is 1.29. The maximum atomic E-state index is 13.3. The van der Waals surface area contributed by atoms with Crippen LogP contribution in [0.1, 0.15) is 11.1 Å². The zero-order chi connectivity index (χ0) is 21.1. The van der Waals surface area contributed by atoms with Gasteiger partial charge in [0.25, 0.3) is 5.56 Å². The highest BCUT2D eigenvalue weighted by molar-refractivity contribution is 9.10. The van der Waals surface area contributed by atoms with E-state index < -0.39 is 0 Å². The normalized spacial score (nSPS) is 11.0. The molecule has 1 heterocycles. The molecule has 30 heavy (non-hydrogen) atoms. The van der Waals surface area contributed by atoms with Gasteiger partial charge in [-0.3, -0.25) is 9.36 Å². The van der Waals surface area contributed by atoms with E-state index in [2.05, 4.69) is 22.0 Å². The van der Waals surface area contributed by atoms with Crippen molar-refractivity contribution in [3.8, 4) is 11.4 Å². The summed E-state index contributed by atoms with van der Waals surface area (Å²) in [5.74, 6) is 1.48. The van der Waals surface area contributed by atoms with E-state index in [9.17, 15) is 4.79 Å². The number of rotatable bonds is 6. The van der Waals surface area contributed by atoms with Gasteiger partial charge in [-0.15, -0.1) is 0 Å². The number of thioether (sulfide) groups is 1. The van der Waals surface area contributed by atoms with E-state index in [0.717, 1.165) is 27.0 Å². The Labute approximate surface area is 188 Å². The first-order valence-electron chi connectivity index (χ1n) is 9.63. The first-order valence-corrected chi connectivity index (χ1v) is 11.4. The fourth-order valence-corrected chi connectivity index (χ4v) is 4.57. The van der Waals surface area contributed by atoms with Gasteiger partial charge in [0.1, 0.15) is 5.75 Å². The maximum absolute atomic E-state index is 13.3. The lowest BCUT2D eigenvalue weighted by Gasteiger charge is -2.14. The number of para-hydroxylation sites is 1. The van der Waals surface area contributed by atoms with Crippen molar-refractivity contribution in [1.82, 2.24) is 9.55 Å². The molecular formula is C24H21BrN2O2S. The van der Waals surface area contributed by atoms with Crippen molar-refractivity contribution in [2.45, 2.75) is 19.0 Å². The largest absolute Gasteiger partial charge is 0.493 e. The summed E-state index contributed by atoms with van der Waals surface area (Å²) in [6.45, 7) is 4.58. The first-order chi connectivity index (χ1) is 14.5. The summed E-state index contributed by atoms with van der Waals surface area (Å²) in [6.07, 6.45) is 0. The SMILES string of the molecule is Cc1cc(C)cc(-n2c(SCCOc3cccc(Br)c3)nc3ccccc3c2=O)c1. The molecule has 152 valence electrons. The second-order valence-corrected chi connectivity index (χ2v) is 9.03. The summed E-state index contributed by atoms with van der Waals surface area (Å²) in [4.78, 5) is 18.1. The predicted octanol–water partition coefficient (Wildman–Crippen LogP) is 5.94. The van der Waals surface area contributed by atoms with Gasteiger partial charge in [-0.25, -0.2) is 4.98 Å². The summed E-state index contributed by atoms with van der Waals surface area (Å²) >= 11 is 4.97. The number of hydrogen-bond acceptors (Lipinski definition) is 4. The van der Waals surface area contributed by atoms with Crippen LogP contribution in [0.5, 0.6) is 5.75 Å². The van der Waals surface area contributed by atoms with Crippen LogP contribution in [-0.4, -0.2) is 21.9 Å². The molecule has 0 aliphatic heterocycles. The van der Waals surface area contributed by atoms with E-state index in [-0.39, 0.29) is 5.56 Å². The van der Waals surface area contributed by atoms with E-state index in [0.29, 0.717) is 28.4 Å². The Bertz CT molecular complexity index is 1250. The molecule has 0 spiro atoms. The molecular weight excluding hydrogens is 460 g/mol. The average molecular weight is 481 g/mol. The molecule has 0 atom stereocenters. The number of nitrogens with zero attached hydrogens (tertiary/aromatic N) is 2. The van der Waals surface area contributed by atoms with Crippen LogP contribution in [0.15, 0.2) is 81.2 Å². The Hall–Kier alpha value is -2.57. The maximum Gasteiger partial charge on any atom is 0.266 e. The van der Waals surface area contributed by atoms with Gasteiger partial charge in [0.05, 0.1) is 23.2 Å². The molecule has 0 amide bonds. The fourth-order valence-electron chi connectivity index (χ4n) is 3.37. The van der Waals surface area contributed by atoms with Gasteiger partial charge in [-0.1, -0.05) is 52.0 Å². The lowest BCUT2D eigenvalue weighted by Crippen LogP contribution is -2.22. The smallest absolute Gasteiger partial charge is 0.266 e. The number of halogens is 1. The molecule has 0 unspecified atom stereocenters. The van der Waals surface area contributed by atoms with Crippen LogP contribution in [0.25, 0.3) is 16.6 Å². The third kappa shape index (κ3) is 4.60. The first kappa shape index (κ1) is 20.7. The van der Waals surface area contributed by atoms with Gasteiger partial charge < -0.3 is 4.74 Å². The van der Waals surface area contributed by atoms with Crippen molar-refractivity contribution in [1.29, 1.82) is 0 Å². The minimum absolute atomic E-state index is 0.0546. The molecule has 0 saturated heterocycles. The Morgan fingerprint density at radius 2 is 1.77 bits per heavy atom. The van der Waals surface area contributed by atoms with Crippen molar-refractivity contribution >= 4 is 38.6 Å². The molecule has 1 aromatic heterocycles. The summed E-state index contributed by atoms with van der Waals surface area (Å²) in [7, 11) is 0. The zero-order valence-corrected chi connectivity index (χ0v) is 19.2. The van der Waals surface area contributed by atoms with Crippen molar-refractivity contribution < 1.29 is 4.74 Å². The van der Waals surface area contributed by atoms with Crippen molar-refractivity contribution in [3.63, 3.8) is 0 Å². The van der Waals surface area contributed by atoms with Gasteiger partial charge >= 0.3 is 0 Å². The molecule has 4 rings (SSSR count). The Morgan fingerprint density at radius 3 is 2.53 bits per heavy atom. The van der Waals surface area contributed by atoms with E-state index >= 15 is 0 Å². The molecule has 0 aliphatic carbocycles. The number of hydrogen-bond donors (Lipinski definition) is 0. The van der Waals surface area contributed by atoms with Gasteiger partial charge in [0, 0.05) is 10.2 Å². The number of fused-ring (bicyclic) bond motifs is 1. The highest BCUT2D eigenvalue weighted by Crippen LogP contribution is 2.23. The topological polar surface area (TPSA) is 44.1 Å². The number of ether oxygens (including phenoxy) is 1. The fraction of sp³-hybridized carbons (Fsp3) is 0.167. The summed E-state index contributed by atoms with van der Waals surface area (Å²) in [5.41, 5.74) is 3.71. The molecule has 6 heteroatoms. The van der Waals surface area contributed by atoms with Crippen LogP contribution in [-0.2, 0) is 0 Å². The van der Waals surface area contributed by atoms with Crippen LogP contribution >= 0.6 is 27.7 Å². The van der Waals surface area contributed by atoms with E-state index in [1.807, 2.05) is 74.5 Å². The monoisotopic (exact) mass is 480 g/mol. The van der Waals surface area contributed by atoms with E-state index in [1.54, 1.807) is 4.57 Å². The number of benzene rings is 3. The second kappa shape index (κ2) is 9.06. The highest BCUT2D eigenvalue weighted by Gasteiger charge is 2.14. The average Bonchev–Trinajstić information content (AvgIpc) is 2.71. The standard InChI is InChI=1S/C24H21BrN2O2S/c1-16-12-17(2)14-19(13-16)27-23(28)21-8-3-4-9-22(21)26-24(27)30-11-10-29-20-7-5-6-18(25)15-20/h3-9,12-15H,10-11H2,1-2H3. The van der Waals surface area contributed by atoms with Crippen LogP contribution in [0.4, 0.5) is 0 Å². The van der Waals surface area contributed by atoms with Crippen molar-refractivity contribution in [3.05, 3.63) is 92.7 Å². The van der Waals surface area contributed by atoms with Gasteiger partial charge in [0.15, 0.2) is 5.16 Å². The van der Waals surface area contributed by atoms with Gasteiger partial charge in [-0.2, -0.15) is 0 Å². The van der Waals surface area contributed by atoms with Crippen LogP contribution in [0.2, 0.25) is 0 Å². The van der Waals surface area contributed by atoms with Crippen molar-refractivity contribution in [2.75, 3.05) is 12.4 Å². The highest BCUT2D eigenvalue weighted by atomic mass is 79.9. The third-order valence-corrected chi connectivity index (χ3v) is 5.98. The third-order valence-electron chi connectivity index (χ3n) is 4.59. The van der Waals surface area contributed by atoms with Gasteiger partial charge in [0.2, 0.25) is 0 Å². The Morgan fingerprint density at radius 1 is 1.00 bits per heavy atom. The summed E-state index contributed by atoms with van der Waals surface area (Å²) in [6, 6.07) is 21.4. The van der Waals surface area contributed by atoms with Crippen LogP contribution < -0.4 is 10.3 Å². The molecule has 4 nitrogen and oxygen atoms in total. The molecule has 0 fully saturated rings. The summed E-state index contributed by atoms with van der Waals surface area (Å²) < 4.78 is 8.54. The number of aromatic nitrogens is 2. The predicted molar refractivity (Wildman–Crippen MR) is 127 cm³/mol. The molecule has 4 aromatic rings. The van der Waals surface area contributed by atoms with Crippen LogP contribution in [0.3, 0.4) is 0 Å². The molecule has 0 aliphatic rings. The quantitative estimate of drug-likeness (QED) is 0.194. The molecule has 0 radical (unpaired) electrons. The molecule has 0 saturated carbocycles. The van der Waals surface area contributed by atoms with E-state index in [1.165, 1.54) is 11.8 Å². The van der Waals surface area contributed by atoms with Crippen molar-refractivity contribution in [2.24, 2.45) is 0 Å². The second-order valence-electron chi connectivity index (χ2n) is 7.05. The molecule has 0 bridgehead atoms.